The van der Waals surface area contributed by atoms with Crippen LogP contribution in [0.15, 0.2) is 45.3 Å². The first-order valence-corrected chi connectivity index (χ1v) is 8.45. The fourth-order valence-electron chi connectivity index (χ4n) is 2.03. The summed E-state index contributed by atoms with van der Waals surface area (Å²) in [6, 6.07) is 9.66. The number of phenols is 2. The van der Waals surface area contributed by atoms with Crippen molar-refractivity contribution in [2.24, 2.45) is 0 Å². The molecule has 2 nitrogen and oxygen atoms in total. The van der Waals surface area contributed by atoms with Crippen LogP contribution in [-0.4, -0.2) is 14.0 Å². The van der Waals surface area contributed by atoms with Gasteiger partial charge in [-0.3, -0.25) is 0 Å². The molecule has 0 amide bonds. The number of halogens is 5. The van der Waals surface area contributed by atoms with Crippen molar-refractivity contribution in [2.45, 2.75) is 9.71 Å². The molecule has 0 saturated heterocycles. The molecule has 2 aromatic rings. The molecule has 21 heavy (non-hydrogen) atoms. The second kappa shape index (κ2) is 6.55. The van der Waals surface area contributed by atoms with E-state index in [4.69, 9.17) is 34.8 Å². The monoisotopic (exact) mass is 472 g/mol. The molecule has 0 saturated carbocycles. The molecule has 0 atom stereocenters. The van der Waals surface area contributed by atoms with Crippen LogP contribution in [0.3, 0.4) is 0 Å². The zero-order chi connectivity index (χ0) is 15.8. The van der Waals surface area contributed by atoms with Gasteiger partial charge >= 0.3 is 0 Å². The number of rotatable bonds is 2. The van der Waals surface area contributed by atoms with Gasteiger partial charge in [0.1, 0.15) is 11.5 Å². The molecular weight excluding hydrogens is 466 g/mol. The van der Waals surface area contributed by atoms with E-state index in [9.17, 15) is 10.2 Å². The zero-order valence-corrected chi connectivity index (χ0v) is 15.8. The molecule has 0 heterocycles. The van der Waals surface area contributed by atoms with Gasteiger partial charge in [-0.15, -0.1) is 0 Å². The Bertz CT molecular complexity index is 620. The van der Waals surface area contributed by atoms with Gasteiger partial charge in [-0.25, -0.2) is 0 Å². The fraction of sp³-hybridized carbons (Fsp3) is 0.143. The van der Waals surface area contributed by atoms with E-state index in [1.54, 1.807) is 24.3 Å². The number of phenolic OH excluding ortho intramolecular Hbond substituents is 2. The predicted octanol–water partition coefficient (Wildman–Crippen LogP) is 6.12. The molecule has 2 N–H and O–H groups in total. The van der Waals surface area contributed by atoms with Crippen LogP contribution < -0.4 is 0 Å². The van der Waals surface area contributed by atoms with Crippen LogP contribution >= 0.6 is 66.7 Å². The third-order valence-corrected chi connectivity index (χ3v) is 4.57. The second-order valence-corrected chi connectivity index (χ2v) is 8.58. The third-order valence-electron chi connectivity index (χ3n) is 2.93. The van der Waals surface area contributed by atoms with E-state index in [0.29, 0.717) is 11.1 Å². The average Bonchev–Trinajstić information content (AvgIpc) is 2.36. The van der Waals surface area contributed by atoms with Crippen molar-refractivity contribution in [3.05, 3.63) is 56.5 Å². The lowest BCUT2D eigenvalue weighted by atomic mass is 9.91. The highest BCUT2D eigenvalue weighted by atomic mass is 79.9. The summed E-state index contributed by atoms with van der Waals surface area (Å²) in [4.78, 5) is 0. The molecule has 0 aromatic heterocycles. The molecule has 7 heteroatoms. The van der Waals surface area contributed by atoms with Crippen molar-refractivity contribution < 1.29 is 10.2 Å². The molecule has 112 valence electrons. The maximum atomic E-state index is 10.1. The quantitative estimate of drug-likeness (QED) is 0.514. The summed E-state index contributed by atoms with van der Waals surface area (Å²) in [5.41, 5.74) is 0.801. The van der Waals surface area contributed by atoms with Crippen molar-refractivity contribution in [2.75, 3.05) is 0 Å². The Labute approximate surface area is 153 Å². The molecule has 0 aliphatic carbocycles. The Hall–Kier alpha value is -0.130. The first-order valence-electron chi connectivity index (χ1n) is 5.73. The van der Waals surface area contributed by atoms with Crippen LogP contribution in [0.1, 0.15) is 17.0 Å². The highest BCUT2D eigenvalue weighted by Gasteiger charge is 2.38. The van der Waals surface area contributed by atoms with E-state index in [1.165, 1.54) is 12.1 Å². The Balaban J connectivity index is 2.70. The van der Waals surface area contributed by atoms with Crippen molar-refractivity contribution in [3.63, 3.8) is 0 Å². The summed E-state index contributed by atoms with van der Waals surface area (Å²) >= 11 is 24.9. The maximum absolute atomic E-state index is 10.1. The van der Waals surface area contributed by atoms with E-state index >= 15 is 0 Å². The summed E-state index contributed by atoms with van der Waals surface area (Å²) in [5, 5.41) is 20.2. The average molecular weight is 475 g/mol. The lowest BCUT2D eigenvalue weighted by molar-refractivity contribution is 0.454. The van der Waals surface area contributed by atoms with Crippen LogP contribution in [0, 0.1) is 0 Å². The van der Waals surface area contributed by atoms with E-state index in [-0.39, 0.29) is 11.5 Å². The lowest BCUT2D eigenvalue weighted by Crippen LogP contribution is -2.19. The SMILES string of the molecule is Oc1ccc(Br)cc1C(c1cc(Br)ccc1O)C(Cl)(Cl)Cl. The van der Waals surface area contributed by atoms with Gasteiger partial charge in [-0.1, -0.05) is 66.7 Å². The fourth-order valence-corrected chi connectivity index (χ4v) is 3.50. The van der Waals surface area contributed by atoms with Gasteiger partial charge in [0, 0.05) is 20.1 Å². The number of aromatic hydroxyl groups is 2. The molecule has 0 unspecified atom stereocenters. The van der Waals surface area contributed by atoms with Crippen molar-refractivity contribution in [1.29, 1.82) is 0 Å². The summed E-state index contributed by atoms with van der Waals surface area (Å²) in [6.07, 6.45) is 0. The molecule has 2 rings (SSSR count). The van der Waals surface area contributed by atoms with E-state index in [2.05, 4.69) is 31.9 Å². The molecular formula is C14H9Br2Cl3O2. The largest absolute Gasteiger partial charge is 0.508 e. The van der Waals surface area contributed by atoms with Crippen molar-refractivity contribution in [3.8, 4) is 11.5 Å². The number of hydrogen-bond donors (Lipinski definition) is 2. The van der Waals surface area contributed by atoms with Crippen LogP contribution in [0.25, 0.3) is 0 Å². The minimum absolute atomic E-state index is 0.0195. The molecule has 0 fully saturated rings. The highest BCUT2D eigenvalue weighted by molar-refractivity contribution is 9.10. The van der Waals surface area contributed by atoms with Crippen molar-refractivity contribution >= 4 is 66.7 Å². The smallest absolute Gasteiger partial charge is 0.201 e. The summed E-state index contributed by atoms with van der Waals surface area (Å²) in [5.74, 6) is -0.875. The van der Waals surface area contributed by atoms with E-state index in [1.807, 2.05) is 0 Å². The van der Waals surface area contributed by atoms with E-state index < -0.39 is 9.71 Å². The first-order chi connectivity index (χ1) is 9.70. The maximum Gasteiger partial charge on any atom is 0.201 e. The number of alkyl halides is 3. The van der Waals surface area contributed by atoms with Gasteiger partial charge in [0.15, 0.2) is 0 Å². The lowest BCUT2D eigenvalue weighted by Gasteiger charge is -2.27. The molecule has 0 radical (unpaired) electrons. The predicted molar refractivity (Wildman–Crippen MR) is 93.7 cm³/mol. The van der Waals surface area contributed by atoms with Crippen LogP contribution in [0.5, 0.6) is 11.5 Å². The third kappa shape index (κ3) is 3.99. The molecule has 0 spiro atoms. The zero-order valence-electron chi connectivity index (χ0n) is 10.3. The van der Waals surface area contributed by atoms with Crippen molar-refractivity contribution in [1.82, 2.24) is 0 Å². The highest BCUT2D eigenvalue weighted by Crippen LogP contribution is 2.50. The van der Waals surface area contributed by atoms with Crippen LogP contribution in [0.4, 0.5) is 0 Å². The summed E-state index contributed by atoms with van der Waals surface area (Å²) < 4.78 is -0.302. The van der Waals surface area contributed by atoms with E-state index in [0.717, 1.165) is 8.95 Å². The van der Waals surface area contributed by atoms with Crippen LogP contribution in [0.2, 0.25) is 0 Å². The van der Waals surface area contributed by atoms with Crippen LogP contribution in [-0.2, 0) is 0 Å². The normalized spacial score (nSPS) is 11.9. The van der Waals surface area contributed by atoms with Gasteiger partial charge < -0.3 is 10.2 Å². The van der Waals surface area contributed by atoms with Gasteiger partial charge in [0.25, 0.3) is 0 Å². The van der Waals surface area contributed by atoms with Gasteiger partial charge in [-0.05, 0) is 36.4 Å². The Kier molecular flexibility index (Phi) is 5.37. The Morgan fingerprint density at radius 3 is 1.52 bits per heavy atom. The number of benzene rings is 2. The number of hydrogen-bond acceptors (Lipinski definition) is 2. The molecule has 0 bridgehead atoms. The summed E-state index contributed by atoms with van der Waals surface area (Å²) in [6.45, 7) is 0. The topological polar surface area (TPSA) is 40.5 Å². The van der Waals surface area contributed by atoms with Gasteiger partial charge in [-0.2, -0.15) is 0 Å². The molecule has 2 aromatic carbocycles. The minimum Gasteiger partial charge on any atom is -0.508 e. The Morgan fingerprint density at radius 1 is 0.810 bits per heavy atom. The molecule has 0 aliphatic rings. The summed E-state index contributed by atoms with van der Waals surface area (Å²) in [7, 11) is 0. The van der Waals surface area contributed by atoms with Gasteiger partial charge in [0.05, 0.1) is 5.92 Å². The first kappa shape index (κ1) is 17.2. The second-order valence-electron chi connectivity index (χ2n) is 4.38. The minimum atomic E-state index is -1.75. The molecule has 0 aliphatic heterocycles. The van der Waals surface area contributed by atoms with Gasteiger partial charge in [0.2, 0.25) is 3.79 Å². The Morgan fingerprint density at radius 2 is 1.19 bits per heavy atom. The standard InChI is InChI=1S/C14H9Br2Cl3O2/c15-7-1-3-11(20)9(5-7)13(14(17,18)19)10-6-8(16)2-4-12(10)21/h1-6,13,20-21H.